The number of nitrogens with zero attached hydrogens (tertiary/aromatic N) is 4. The van der Waals surface area contributed by atoms with Crippen LogP contribution in [0.2, 0.25) is 0 Å². The van der Waals surface area contributed by atoms with Crippen LogP contribution >= 0.6 is 11.8 Å². The molecule has 2 aliphatic heterocycles. The highest BCUT2D eigenvalue weighted by atomic mass is 32.2. The number of anilines is 1. The number of hydrogen-bond acceptors (Lipinski definition) is 8. The molecule has 0 spiro atoms. The lowest BCUT2D eigenvalue weighted by Gasteiger charge is -2.35. The zero-order valence-electron chi connectivity index (χ0n) is 20.3. The Morgan fingerprint density at radius 1 is 0.971 bits per heavy atom. The van der Waals surface area contributed by atoms with E-state index in [1.54, 1.807) is 11.8 Å². The second kappa shape index (κ2) is 11.9. The van der Waals surface area contributed by atoms with Gasteiger partial charge in [-0.1, -0.05) is 18.2 Å². The monoisotopic (exact) mass is 494 g/mol. The summed E-state index contributed by atoms with van der Waals surface area (Å²) >= 11 is 1.73. The van der Waals surface area contributed by atoms with Crippen molar-refractivity contribution in [1.82, 2.24) is 15.1 Å². The number of rotatable bonds is 10. The van der Waals surface area contributed by atoms with Crippen LogP contribution in [-0.4, -0.2) is 72.9 Å². The first-order valence-electron chi connectivity index (χ1n) is 12.5. The zero-order chi connectivity index (χ0) is 23.9. The minimum atomic E-state index is 0.439. The van der Waals surface area contributed by atoms with Crippen LogP contribution in [0, 0.1) is 0 Å². The first-order chi connectivity index (χ1) is 17.3. The summed E-state index contributed by atoms with van der Waals surface area (Å²) in [6.07, 6.45) is 3.95. The normalized spacial score (nSPS) is 19.3. The molecule has 186 valence electrons. The molecule has 0 saturated carbocycles. The number of ether oxygens (including phenoxy) is 2. The summed E-state index contributed by atoms with van der Waals surface area (Å²) in [6, 6.07) is 19.0. The van der Waals surface area contributed by atoms with Crippen molar-refractivity contribution in [2.75, 3.05) is 50.5 Å². The molecule has 3 aromatic rings. The molecule has 2 saturated heterocycles. The topological polar surface area (TPSA) is 63.9 Å². The van der Waals surface area contributed by atoms with E-state index >= 15 is 0 Å². The second-order valence-electron chi connectivity index (χ2n) is 9.12. The molecule has 0 amide bonds. The Balaban J connectivity index is 1.07. The summed E-state index contributed by atoms with van der Waals surface area (Å²) < 4.78 is 17.1. The van der Waals surface area contributed by atoms with E-state index in [-0.39, 0.29) is 0 Å². The summed E-state index contributed by atoms with van der Waals surface area (Å²) in [5, 5.41) is 8.47. The predicted molar refractivity (Wildman–Crippen MR) is 140 cm³/mol. The second-order valence-corrected chi connectivity index (χ2v) is 10.2. The number of hydrogen-bond donors (Lipinski definition) is 0. The van der Waals surface area contributed by atoms with Gasteiger partial charge in [0.25, 0.3) is 0 Å². The van der Waals surface area contributed by atoms with Gasteiger partial charge in [-0.2, -0.15) is 0 Å². The lowest BCUT2D eigenvalue weighted by Crippen LogP contribution is -2.44. The van der Waals surface area contributed by atoms with Crippen LogP contribution in [0.3, 0.4) is 0 Å². The minimum Gasteiger partial charge on any atom is -0.493 e. The van der Waals surface area contributed by atoms with Gasteiger partial charge in [-0.3, -0.25) is 4.90 Å². The molecular weight excluding hydrogens is 460 g/mol. The number of benzene rings is 2. The van der Waals surface area contributed by atoms with Gasteiger partial charge in [0, 0.05) is 56.3 Å². The lowest BCUT2D eigenvalue weighted by molar-refractivity contribution is 0.0302. The fourth-order valence-electron chi connectivity index (χ4n) is 4.89. The number of methoxy groups -OCH3 is 1. The molecule has 35 heavy (non-hydrogen) atoms. The molecule has 1 aromatic heterocycles. The molecule has 1 atom stereocenters. The summed E-state index contributed by atoms with van der Waals surface area (Å²) in [7, 11) is 1.83. The molecule has 0 aliphatic carbocycles. The molecule has 2 aromatic carbocycles. The Morgan fingerprint density at radius 3 is 2.54 bits per heavy atom. The first-order valence-corrected chi connectivity index (χ1v) is 13.6. The SMILES string of the molecule is COC1CCN(C2CCN(c3ccc(-c4nnc(CSCCOc5ccccc5)o4)cc3)C2)CC1. The Bertz CT molecular complexity index is 1040. The van der Waals surface area contributed by atoms with Crippen LogP contribution in [0.1, 0.15) is 25.2 Å². The number of para-hydroxylation sites is 1. The number of aromatic nitrogens is 2. The molecule has 3 heterocycles. The molecular formula is C27H34N4O3S. The third kappa shape index (κ3) is 6.37. The van der Waals surface area contributed by atoms with E-state index < -0.39 is 0 Å². The third-order valence-electron chi connectivity index (χ3n) is 6.90. The summed E-state index contributed by atoms with van der Waals surface area (Å²) in [5.41, 5.74) is 2.22. The van der Waals surface area contributed by atoms with Gasteiger partial charge in [-0.05, 0) is 55.7 Å². The van der Waals surface area contributed by atoms with Crippen LogP contribution in [0.5, 0.6) is 5.75 Å². The highest BCUT2D eigenvalue weighted by Crippen LogP contribution is 2.28. The van der Waals surface area contributed by atoms with Crippen molar-refractivity contribution < 1.29 is 13.9 Å². The molecule has 1 unspecified atom stereocenters. The maximum absolute atomic E-state index is 5.90. The Morgan fingerprint density at radius 2 is 1.77 bits per heavy atom. The van der Waals surface area contributed by atoms with E-state index in [9.17, 15) is 0 Å². The fraction of sp³-hybridized carbons (Fsp3) is 0.481. The number of likely N-dealkylation sites (tertiary alicyclic amines) is 1. The van der Waals surface area contributed by atoms with E-state index in [1.807, 2.05) is 37.4 Å². The maximum Gasteiger partial charge on any atom is 0.247 e. The maximum atomic E-state index is 5.90. The van der Waals surface area contributed by atoms with Crippen molar-refractivity contribution in [3.05, 3.63) is 60.5 Å². The average molecular weight is 495 g/mol. The quantitative estimate of drug-likeness (QED) is 0.375. The van der Waals surface area contributed by atoms with Gasteiger partial charge in [0.1, 0.15) is 5.75 Å². The van der Waals surface area contributed by atoms with Gasteiger partial charge >= 0.3 is 0 Å². The minimum absolute atomic E-state index is 0.439. The van der Waals surface area contributed by atoms with Crippen LogP contribution in [0.15, 0.2) is 59.0 Å². The van der Waals surface area contributed by atoms with Crippen molar-refractivity contribution in [1.29, 1.82) is 0 Å². The van der Waals surface area contributed by atoms with Crippen LogP contribution < -0.4 is 9.64 Å². The molecule has 7 nitrogen and oxygen atoms in total. The summed E-state index contributed by atoms with van der Waals surface area (Å²) in [4.78, 5) is 5.14. The molecule has 2 aliphatic rings. The van der Waals surface area contributed by atoms with Gasteiger partial charge in [-0.25, -0.2) is 0 Å². The van der Waals surface area contributed by atoms with Crippen molar-refractivity contribution in [3.8, 4) is 17.2 Å². The fourth-order valence-corrected chi connectivity index (χ4v) is 5.53. The van der Waals surface area contributed by atoms with Crippen molar-refractivity contribution >= 4 is 17.4 Å². The first kappa shape index (κ1) is 24.2. The van der Waals surface area contributed by atoms with E-state index in [1.165, 1.54) is 12.1 Å². The molecule has 0 bridgehead atoms. The van der Waals surface area contributed by atoms with Crippen LogP contribution in [-0.2, 0) is 10.5 Å². The highest BCUT2D eigenvalue weighted by Gasteiger charge is 2.30. The Kier molecular flexibility index (Phi) is 8.23. The van der Waals surface area contributed by atoms with Gasteiger partial charge in [0.2, 0.25) is 11.8 Å². The number of piperidine rings is 1. The van der Waals surface area contributed by atoms with Crippen LogP contribution in [0.25, 0.3) is 11.5 Å². The Labute approximate surface area is 211 Å². The summed E-state index contributed by atoms with van der Waals surface area (Å²) in [5.74, 6) is 3.66. The molecule has 0 radical (unpaired) electrons. The number of thioether (sulfide) groups is 1. The molecule has 0 N–H and O–H groups in total. The average Bonchev–Trinajstić information content (AvgIpc) is 3.60. The van der Waals surface area contributed by atoms with E-state index in [2.05, 4.69) is 44.3 Å². The Hall–Kier alpha value is -2.55. The summed E-state index contributed by atoms with van der Waals surface area (Å²) in [6.45, 7) is 5.14. The van der Waals surface area contributed by atoms with Gasteiger partial charge in [0.05, 0.1) is 18.5 Å². The predicted octanol–water partition coefficient (Wildman–Crippen LogP) is 4.74. The zero-order valence-corrected chi connectivity index (χ0v) is 21.2. The van der Waals surface area contributed by atoms with Gasteiger partial charge in [0.15, 0.2) is 0 Å². The van der Waals surface area contributed by atoms with E-state index in [4.69, 9.17) is 13.9 Å². The van der Waals surface area contributed by atoms with Crippen molar-refractivity contribution in [3.63, 3.8) is 0 Å². The lowest BCUT2D eigenvalue weighted by atomic mass is 10.1. The van der Waals surface area contributed by atoms with E-state index in [0.717, 1.165) is 56.1 Å². The van der Waals surface area contributed by atoms with Gasteiger partial charge < -0.3 is 18.8 Å². The largest absolute Gasteiger partial charge is 0.493 e. The van der Waals surface area contributed by atoms with E-state index in [0.29, 0.717) is 36.3 Å². The molecule has 8 heteroatoms. The highest BCUT2D eigenvalue weighted by molar-refractivity contribution is 7.98. The van der Waals surface area contributed by atoms with Crippen LogP contribution in [0.4, 0.5) is 5.69 Å². The smallest absolute Gasteiger partial charge is 0.247 e. The third-order valence-corrected chi connectivity index (χ3v) is 7.81. The van der Waals surface area contributed by atoms with Crippen molar-refractivity contribution in [2.45, 2.75) is 37.2 Å². The van der Waals surface area contributed by atoms with Gasteiger partial charge in [-0.15, -0.1) is 22.0 Å². The molecule has 2 fully saturated rings. The standard InChI is InChI=1S/C27H34N4O3S/c1-32-24-12-15-30(16-13-24)23-11-14-31(19-23)22-9-7-21(8-10-22)27-29-28-26(34-27)20-35-18-17-33-25-5-3-2-4-6-25/h2-10,23-24H,11-20H2,1H3. The van der Waals surface area contributed by atoms with Crippen molar-refractivity contribution in [2.24, 2.45) is 0 Å². The molecule has 5 rings (SSSR count).